The second kappa shape index (κ2) is 9.73. The SMILES string of the molecule is COC(=O)CC[C@@H]1N=C(C2=NC=CCC2)c2cc(Br)ccc2NC1=NCC(C)=O. The Hall–Kier alpha value is -2.61. The third kappa shape index (κ3) is 5.47. The second-order valence-electron chi connectivity index (χ2n) is 6.83. The fraction of sp³-hybridized carbons (Fsp3) is 0.381. The Morgan fingerprint density at radius 2 is 2.21 bits per heavy atom. The van der Waals surface area contributed by atoms with E-state index in [-0.39, 0.29) is 24.7 Å². The molecule has 0 fully saturated rings. The minimum absolute atomic E-state index is 0.0442. The topological polar surface area (TPSA) is 92.5 Å². The highest BCUT2D eigenvalue weighted by molar-refractivity contribution is 9.10. The number of amidine groups is 1. The summed E-state index contributed by atoms with van der Waals surface area (Å²) in [6.07, 6.45) is 6.11. The van der Waals surface area contributed by atoms with Crippen LogP contribution >= 0.6 is 15.9 Å². The number of ether oxygens (including phenoxy) is 1. The lowest BCUT2D eigenvalue weighted by Gasteiger charge is -2.15. The van der Waals surface area contributed by atoms with E-state index >= 15 is 0 Å². The van der Waals surface area contributed by atoms with Crippen molar-refractivity contribution in [1.82, 2.24) is 0 Å². The average Bonchev–Trinajstić information content (AvgIpc) is 2.87. The summed E-state index contributed by atoms with van der Waals surface area (Å²) >= 11 is 3.53. The fourth-order valence-electron chi connectivity index (χ4n) is 3.14. The maximum absolute atomic E-state index is 11.7. The third-order valence-corrected chi connectivity index (χ3v) is 5.07. The van der Waals surface area contributed by atoms with Gasteiger partial charge in [0.15, 0.2) is 5.78 Å². The Kier molecular flexibility index (Phi) is 7.09. The van der Waals surface area contributed by atoms with Gasteiger partial charge in [-0.05, 0) is 44.4 Å². The van der Waals surface area contributed by atoms with Gasteiger partial charge >= 0.3 is 5.97 Å². The van der Waals surface area contributed by atoms with Gasteiger partial charge in [0.25, 0.3) is 0 Å². The molecule has 1 aromatic carbocycles. The van der Waals surface area contributed by atoms with Gasteiger partial charge in [-0.3, -0.25) is 24.6 Å². The van der Waals surface area contributed by atoms with Gasteiger partial charge in [-0.25, -0.2) is 0 Å². The smallest absolute Gasteiger partial charge is 0.305 e. The number of rotatable bonds is 6. The number of esters is 1. The Bertz CT molecular complexity index is 934. The van der Waals surface area contributed by atoms with Crippen molar-refractivity contribution >= 4 is 50.6 Å². The van der Waals surface area contributed by atoms with Crippen molar-refractivity contribution in [2.24, 2.45) is 15.0 Å². The zero-order chi connectivity index (χ0) is 20.8. The number of halogens is 1. The number of hydrogen-bond donors (Lipinski definition) is 1. The molecule has 29 heavy (non-hydrogen) atoms. The molecule has 0 radical (unpaired) electrons. The first-order valence-corrected chi connectivity index (χ1v) is 10.2. The van der Waals surface area contributed by atoms with E-state index in [0.29, 0.717) is 12.3 Å². The molecule has 2 aliphatic rings. The van der Waals surface area contributed by atoms with E-state index in [2.05, 4.69) is 31.2 Å². The van der Waals surface area contributed by atoms with E-state index < -0.39 is 6.04 Å². The molecule has 1 N–H and O–H groups in total. The molecule has 3 rings (SSSR count). The molecule has 152 valence electrons. The minimum atomic E-state index is -0.414. The van der Waals surface area contributed by atoms with Crippen LogP contribution in [0.15, 0.2) is 49.9 Å². The first kappa shape index (κ1) is 21.1. The van der Waals surface area contributed by atoms with Crippen LogP contribution in [0.1, 0.15) is 38.2 Å². The molecule has 0 saturated heterocycles. The normalized spacial score (nSPS) is 19.6. The summed E-state index contributed by atoms with van der Waals surface area (Å²) in [5.41, 5.74) is 3.42. The van der Waals surface area contributed by atoms with Gasteiger partial charge in [0.05, 0.1) is 25.1 Å². The predicted octanol–water partition coefficient (Wildman–Crippen LogP) is 3.72. The highest BCUT2D eigenvalue weighted by atomic mass is 79.9. The predicted molar refractivity (Wildman–Crippen MR) is 118 cm³/mol. The van der Waals surface area contributed by atoms with E-state index in [1.54, 1.807) is 6.20 Å². The number of methoxy groups -OCH3 is 1. The van der Waals surface area contributed by atoms with Gasteiger partial charge < -0.3 is 10.1 Å². The number of nitrogens with zero attached hydrogens (tertiary/aromatic N) is 3. The molecule has 2 aliphatic heterocycles. The largest absolute Gasteiger partial charge is 0.469 e. The Balaban J connectivity index is 2.09. The van der Waals surface area contributed by atoms with Gasteiger partial charge in [0.2, 0.25) is 0 Å². The van der Waals surface area contributed by atoms with Crippen LogP contribution in [0.25, 0.3) is 0 Å². The van der Waals surface area contributed by atoms with E-state index in [1.165, 1.54) is 14.0 Å². The van der Waals surface area contributed by atoms with E-state index in [0.717, 1.165) is 40.0 Å². The molecule has 0 unspecified atom stereocenters. The minimum Gasteiger partial charge on any atom is -0.469 e. The van der Waals surface area contributed by atoms with Crippen LogP contribution in [-0.2, 0) is 14.3 Å². The number of carbonyl (C=O) groups excluding carboxylic acids is 2. The van der Waals surface area contributed by atoms with Crippen LogP contribution in [0, 0.1) is 0 Å². The number of Topliss-reactive ketones (excluding diaryl/α,β-unsaturated/α-hetero) is 1. The van der Waals surface area contributed by atoms with Crippen molar-refractivity contribution in [3.8, 4) is 0 Å². The molecule has 0 saturated carbocycles. The standard InChI is InChI=1S/C21H23BrN4O3/c1-13(27)12-24-21-18(8-9-19(28)29-2)25-20(17-5-3-4-10-23-17)15-11-14(22)6-7-16(15)26-21/h4,6-7,10-11,18H,3,5,8-9,12H2,1-2H3,(H,24,26)/t18-/m0/s1. The molecule has 2 heterocycles. The van der Waals surface area contributed by atoms with Gasteiger partial charge in [0, 0.05) is 28.3 Å². The number of ketones is 1. The summed E-state index contributed by atoms with van der Waals surface area (Å²) < 4.78 is 5.71. The number of hydrogen-bond acceptors (Lipinski definition) is 6. The van der Waals surface area contributed by atoms with E-state index in [1.807, 2.05) is 24.3 Å². The average molecular weight is 459 g/mol. The molecule has 0 bridgehead atoms. The summed E-state index contributed by atoms with van der Waals surface area (Å²) in [5.74, 6) is 0.210. The number of benzodiazepines with no additional fused rings is 1. The van der Waals surface area contributed by atoms with Crippen LogP contribution < -0.4 is 5.32 Å². The molecule has 0 spiro atoms. The zero-order valence-corrected chi connectivity index (χ0v) is 18.0. The molecular formula is C21H23BrN4O3. The van der Waals surface area contributed by atoms with Crippen LogP contribution in [0.3, 0.4) is 0 Å². The number of aliphatic imine (C=N–C) groups is 3. The summed E-state index contributed by atoms with van der Waals surface area (Å²) in [7, 11) is 1.36. The lowest BCUT2D eigenvalue weighted by Crippen LogP contribution is -2.28. The van der Waals surface area contributed by atoms with Crippen LogP contribution in [0.2, 0.25) is 0 Å². The van der Waals surface area contributed by atoms with Crippen molar-refractivity contribution in [2.75, 3.05) is 19.0 Å². The number of nitrogens with one attached hydrogen (secondary N) is 1. The summed E-state index contributed by atoms with van der Waals surface area (Å²) in [4.78, 5) is 37.2. The van der Waals surface area contributed by atoms with Crippen molar-refractivity contribution < 1.29 is 14.3 Å². The molecule has 7 nitrogen and oxygen atoms in total. The van der Waals surface area contributed by atoms with Gasteiger partial charge in [-0.15, -0.1) is 0 Å². The highest BCUT2D eigenvalue weighted by Crippen LogP contribution is 2.28. The van der Waals surface area contributed by atoms with Crippen LogP contribution in [-0.4, -0.2) is 48.7 Å². The zero-order valence-electron chi connectivity index (χ0n) is 16.4. The molecular weight excluding hydrogens is 436 g/mol. The van der Waals surface area contributed by atoms with Crippen molar-refractivity contribution in [3.05, 3.63) is 40.5 Å². The van der Waals surface area contributed by atoms with Crippen LogP contribution in [0.4, 0.5) is 5.69 Å². The number of allylic oxidation sites excluding steroid dienone is 1. The maximum Gasteiger partial charge on any atom is 0.305 e. The van der Waals surface area contributed by atoms with Gasteiger partial charge in [0.1, 0.15) is 11.9 Å². The van der Waals surface area contributed by atoms with Crippen molar-refractivity contribution in [3.63, 3.8) is 0 Å². The maximum atomic E-state index is 11.7. The number of anilines is 1. The van der Waals surface area contributed by atoms with Crippen molar-refractivity contribution in [2.45, 2.75) is 38.6 Å². The quantitative estimate of drug-likeness (QED) is 0.657. The number of benzene rings is 1. The Labute approximate surface area is 178 Å². The Morgan fingerprint density at radius 3 is 2.90 bits per heavy atom. The summed E-state index contributed by atoms with van der Waals surface area (Å²) in [6, 6.07) is 5.46. The fourth-order valence-corrected chi connectivity index (χ4v) is 3.50. The van der Waals surface area contributed by atoms with Gasteiger partial charge in [-0.1, -0.05) is 22.0 Å². The van der Waals surface area contributed by atoms with E-state index in [9.17, 15) is 9.59 Å². The summed E-state index contributed by atoms with van der Waals surface area (Å²) in [5, 5.41) is 3.34. The second-order valence-corrected chi connectivity index (χ2v) is 7.74. The third-order valence-electron chi connectivity index (χ3n) is 4.58. The monoisotopic (exact) mass is 458 g/mol. The van der Waals surface area contributed by atoms with Crippen LogP contribution in [0.5, 0.6) is 0 Å². The first-order valence-electron chi connectivity index (χ1n) is 9.45. The molecule has 0 amide bonds. The molecule has 0 aliphatic carbocycles. The molecule has 1 aromatic rings. The summed E-state index contributed by atoms with van der Waals surface area (Å²) in [6.45, 7) is 1.55. The highest BCUT2D eigenvalue weighted by Gasteiger charge is 2.27. The Morgan fingerprint density at radius 1 is 1.38 bits per heavy atom. The molecule has 0 aromatic heterocycles. The van der Waals surface area contributed by atoms with Gasteiger partial charge in [-0.2, -0.15) is 0 Å². The number of carbonyl (C=O) groups is 2. The lowest BCUT2D eigenvalue weighted by molar-refractivity contribution is -0.140. The van der Waals surface area contributed by atoms with E-state index in [4.69, 9.17) is 9.73 Å². The lowest BCUT2D eigenvalue weighted by atomic mass is 9.99. The first-order chi connectivity index (χ1) is 14.0. The molecule has 1 atom stereocenters. The molecule has 8 heteroatoms. The number of fused-ring (bicyclic) bond motifs is 1. The van der Waals surface area contributed by atoms with Crippen molar-refractivity contribution in [1.29, 1.82) is 0 Å².